The smallest absolute Gasteiger partial charge is 0.200 e. The summed E-state index contributed by atoms with van der Waals surface area (Å²) in [6.45, 7) is 41.2. The van der Waals surface area contributed by atoms with E-state index in [0.717, 1.165) is 91.8 Å². The Bertz CT molecular complexity index is 3360. The van der Waals surface area contributed by atoms with E-state index in [9.17, 15) is 39.5 Å². The van der Waals surface area contributed by atoms with Gasteiger partial charge in [-0.05, 0) is 266 Å². The van der Waals surface area contributed by atoms with Crippen molar-refractivity contribution in [3.8, 4) is 0 Å². The first kappa shape index (κ1) is 91.9. The number of aryl methyl sites for hydroxylation is 4. The van der Waals surface area contributed by atoms with Crippen LogP contribution in [0.25, 0.3) is 0 Å². The van der Waals surface area contributed by atoms with E-state index in [4.69, 9.17) is 69.6 Å². The highest BCUT2D eigenvalue weighted by atomic mass is 35.5. The minimum Gasteiger partial charge on any atom is -0.207 e. The Morgan fingerprint density at radius 2 is 0.596 bits per heavy atom. The molecule has 0 heterocycles. The van der Waals surface area contributed by atoms with E-state index < -0.39 is 46.3 Å². The molecule has 99 heavy (non-hydrogen) atoms. The second kappa shape index (κ2) is 47.2. The number of hydrogen-bond acceptors (Lipinski definition) is 0. The number of halogens is 15. The lowest BCUT2D eigenvalue weighted by atomic mass is 9.98. The minimum absolute atomic E-state index is 0.120. The second-order valence-electron chi connectivity index (χ2n) is 28.4. The first-order valence-electron chi connectivity index (χ1n) is 33.8. The van der Waals surface area contributed by atoms with Crippen LogP contribution in [-0.4, -0.2) is 0 Å². The van der Waals surface area contributed by atoms with Crippen molar-refractivity contribution in [1.82, 2.24) is 0 Å². The molecule has 0 radical (unpaired) electrons. The van der Waals surface area contributed by atoms with Gasteiger partial charge >= 0.3 is 0 Å². The molecule has 0 aliphatic carbocycles. The fraction of sp³-hybridized carbons (Fsp3) is 0.429. The Balaban J connectivity index is 0.000000567. The largest absolute Gasteiger partial charge is 0.207 e. The lowest BCUT2D eigenvalue weighted by Gasteiger charge is -2.11. The van der Waals surface area contributed by atoms with E-state index in [0.29, 0.717) is 53.1 Å². The highest BCUT2D eigenvalue weighted by Gasteiger charge is 2.26. The van der Waals surface area contributed by atoms with Gasteiger partial charge in [-0.15, -0.1) is 0 Å². The van der Waals surface area contributed by atoms with Crippen molar-refractivity contribution >= 4 is 69.6 Å². The van der Waals surface area contributed by atoms with Crippen LogP contribution in [0.1, 0.15) is 178 Å². The maximum atomic E-state index is 13.2. The molecule has 0 aromatic heterocycles. The molecular formula is C84H105Cl6F9. The van der Waals surface area contributed by atoms with Gasteiger partial charge in [0.1, 0.15) is 23.3 Å². The Labute approximate surface area is 618 Å². The molecule has 0 saturated carbocycles. The van der Waals surface area contributed by atoms with Crippen LogP contribution < -0.4 is 0 Å². The maximum absolute atomic E-state index is 13.2. The minimum atomic E-state index is -2.11. The molecule has 0 amide bonds. The third-order valence-electron chi connectivity index (χ3n) is 14.2. The van der Waals surface area contributed by atoms with Gasteiger partial charge in [0.15, 0.2) is 23.3 Å². The predicted molar refractivity (Wildman–Crippen MR) is 409 cm³/mol. The topological polar surface area (TPSA) is 0 Å². The van der Waals surface area contributed by atoms with Crippen molar-refractivity contribution in [3.63, 3.8) is 0 Å². The molecule has 0 unspecified atom stereocenters. The fourth-order valence-electron chi connectivity index (χ4n) is 10.1. The van der Waals surface area contributed by atoms with Crippen LogP contribution in [0.4, 0.5) is 39.5 Å². The molecule has 0 spiro atoms. The van der Waals surface area contributed by atoms with E-state index in [1.165, 1.54) is 57.1 Å². The quantitative estimate of drug-likeness (QED) is 0.0514. The van der Waals surface area contributed by atoms with Gasteiger partial charge in [0.25, 0.3) is 0 Å². The summed E-state index contributed by atoms with van der Waals surface area (Å²) in [5.74, 6) is -6.44. The molecule has 0 aliphatic rings. The standard InChI is InChI=1S/C11H14Cl2.C11H15Cl.C11H14F2.C11H15F.C10H12Cl2.C10H13Cl.C10H9F5.C10H13F/c1-7(2)4-10-8(3)5-9(12)6-11(10)13;1-8(2)6-10-4-5-11(12)9(3)7-10;1-7(2)4-10-8(3)5-9(12)6-11(10)13;1-8(2)4-10-5-9(3)6-11(12)7-10;1-7(2)3-8-4-9(11)6-10(12)5-8;1-8(2)7-9-3-5-10(11)6-4-9;1-4(2)3-5-6(11)8(13)10(15)9(14)7(5)12;1-8(2)7-9-3-5-10(11)6-4-9/h5-7H,4H2,1-3H3;4-5,7-8H,6H2,1-3H3;5-7H,4H2,1-3H3;5-8H,4H2,1-3H3;4-7H,3H2,1-2H3;3-6,8H,7H2,1-2H3;4H,3H2,1-2H3;3-6,8H,7H2,1-2H3. The Morgan fingerprint density at radius 3 is 1.01 bits per heavy atom. The molecule has 8 aromatic carbocycles. The summed E-state index contributed by atoms with van der Waals surface area (Å²) in [6, 6.07) is 38.0. The van der Waals surface area contributed by atoms with Gasteiger partial charge in [0, 0.05) is 41.8 Å². The second-order valence-corrected chi connectivity index (χ2v) is 31.0. The van der Waals surface area contributed by atoms with Crippen molar-refractivity contribution in [2.24, 2.45) is 47.3 Å². The van der Waals surface area contributed by atoms with Gasteiger partial charge in [0.05, 0.1) is 0 Å². The average molecular weight is 1500 g/mol. The summed E-state index contributed by atoms with van der Waals surface area (Å²) in [4.78, 5) is 0. The molecule has 0 aliphatic heterocycles. The molecule has 0 saturated heterocycles. The summed E-state index contributed by atoms with van der Waals surface area (Å²) in [5, 5.41) is 4.63. The van der Waals surface area contributed by atoms with E-state index in [2.05, 4.69) is 114 Å². The molecule has 8 aromatic rings. The number of benzene rings is 8. The summed E-state index contributed by atoms with van der Waals surface area (Å²) in [6.07, 6.45) is 6.78. The molecule has 0 N–H and O–H groups in total. The zero-order valence-electron chi connectivity index (χ0n) is 61.6. The molecule has 546 valence electrons. The van der Waals surface area contributed by atoms with Gasteiger partial charge in [0.2, 0.25) is 5.82 Å². The highest BCUT2D eigenvalue weighted by molar-refractivity contribution is 6.35. The summed E-state index contributed by atoms with van der Waals surface area (Å²) >= 11 is 35.3. The fourth-order valence-corrected chi connectivity index (χ4v) is 11.6. The zero-order chi connectivity index (χ0) is 75.7. The summed E-state index contributed by atoms with van der Waals surface area (Å²) in [7, 11) is 0. The van der Waals surface area contributed by atoms with Gasteiger partial charge < -0.3 is 0 Å². The molecule has 15 heteroatoms. The first-order chi connectivity index (χ1) is 46.0. The lowest BCUT2D eigenvalue weighted by molar-refractivity contribution is 0.366. The molecular weight excluding hydrogens is 1390 g/mol. The zero-order valence-corrected chi connectivity index (χ0v) is 66.1. The lowest BCUT2D eigenvalue weighted by Crippen LogP contribution is -2.09. The maximum Gasteiger partial charge on any atom is 0.200 e. The van der Waals surface area contributed by atoms with Crippen molar-refractivity contribution < 1.29 is 39.5 Å². The van der Waals surface area contributed by atoms with Gasteiger partial charge in [-0.2, -0.15) is 0 Å². The van der Waals surface area contributed by atoms with E-state index >= 15 is 0 Å². The average Bonchev–Trinajstić information content (AvgIpc) is 0.801. The van der Waals surface area contributed by atoms with Crippen molar-refractivity contribution in [1.29, 1.82) is 0 Å². The van der Waals surface area contributed by atoms with E-state index in [1.807, 2.05) is 88.4 Å². The monoisotopic (exact) mass is 1490 g/mol. The number of hydrogen-bond donors (Lipinski definition) is 0. The summed E-state index contributed by atoms with van der Waals surface area (Å²) in [5.41, 5.74) is 11.4. The van der Waals surface area contributed by atoms with Crippen LogP contribution in [-0.2, 0) is 51.4 Å². The highest BCUT2D eigenvalue weighted by Crippen LogP contribution is 2.29. The molecule has 8 rings (SSSR count). The van der Waals surface area contributed by atoms with E-state index in [1.54, 1.807) is 39.0 Å². The molecule has 0 atom stereocenters. The van der Waals surface area contributed by atoms with Crippen LogP contribution in [0, 0.1) is 127 Å². The third-order valence-corrected chi connectivity index (χ3v) is 15.9. The Morgan fingerprint density at radius 1 is 0.242 bits per heavy atom. The summed E-state index contributed by atoms with van der Waals surface area (Å²) < 4.78 is 115. The van der Waals surface area contributed by atoms with Crippen LogP contribution in [0.5, 0.6) is 0 Å². The Hall–Kier alpha value is -5.13. The van der Waals surface area contributed by atoms with Crippen LogP contribution in [0.2, 0.25) is 30.1 Å². The van der Waals surface area contributed by atoms with Crippen molar-refractivity contribution in [3.05, 3.63) is 277 Å². The SMILES string of the molecule is CC(C)Cc1c(F)c(F)c(F)c(F)c1F.CC(C)Cc1cc(Cl)cc(Cl)c1.CC(C)Cc1ccc(Cl)cc1.CC(C)Cc1ccc(F)cc1.Cc1cc(CC(C)C)ccc1Cl.Cc1cc(Cl)cc(Cl)c1CC(C)C.Cc1cc(F)cc(CC(C)C)c1.Cc1cc(F)cc(F)c1CC(C)C. The molecule has 0 bridgehead atoms. The van der Waals surface area contributed by atoms with E-state index in [-0.39, 0.29) is 24.0 Å². The van der Waals surface area contributed by atoms with Crippen LogP contribution in [0.3, 0.4) is 0 Å². The normalized spacial score (nSPS) is 10.8. The Kier molecular flexibility index (Phi) is 43.8. The van der Waals surface area contributed by atoms with Gasteiger partial charge in [-0.25, -0.2) is 39.5 Å². The van der Waals surface area contributed by atoms with Crippen molar-refractivity contribution in [2.45, 2.75) is 190 Å². The van der Waals surface area contributed by atoms with Crippen LogP contribution in [0.15, 0.2) is 127 Å². The van der Waals surface area contributed by atoms with Crippen LogP contribution >= 0.6 is 69.6 Å². The third kappa shape index (κ3) is 39.2. The first-order valence-corrected chi connectivity index (χ1v) is 36.1. The number of rotatable bonds is 16. The molecule has 0 nitrogen and oxygen atoms in total. The predicted octanol–water partition coefficient (Wildman–Crippen LogP) is 29.5. The van der Waals surface area contributed by atoms with Gasteiger partial charge in [-0.1, -0.05) is 223 Å². The van der Waals surface area contributed by atoms with Gasteiger partial charge in [-0.3, -0.25) is 0 Å². The van der Waals surface area contributed by atoms with Crippen molar-refractivity contribution in [2.75, 3.05) is 0 Å². The molecule has 0 fully saturated rings.